The first-order valence-corrected chi connectivity index (χ1v) is 9.01. The maximum Gasteiger partial charge on any atom is 0.451 e. The molecule has 0 aromatic heterocycles. The summed E-state index contributed by atoms with van der Waals surface area (Å²) in [6.45, 7) is 6.80. The summed E-state index contributed by atoms with van der Waals surface area (Å²) in [4.78, 5) is 0. The Bertz CT molecular complexity index is 251. The first-order valence-electron chi connectivity index (χ1n) is 5.30. The Balaban J connectivity index is 3.90. The van der Waals surface area contributed by atoms with Crippen LogP contribution in [0.3, 0.4) is 0 Å². The number of alkyl halides is 3. The molecule has 102 valence electrons. The topological polar surface area (TPSA) is 45.7 Å². The second-order valence-corrected chi connectivity index (χ2v) is 10.3. The molecule has 0 fully saturated rings. The monoisotopic (exact) mass is 271 g/mol. The normalized spacial score (nSPS) is 13.7. The van der Waals surface area contributed by atoms with E-state index in [1.54, 1.807) is 0 Å². The molecule has 8 heteroatoms. The van der Waals surface area contributed by atoms with Crippen molar-refractivity contribution >= 4 is 13.9 Å². The van der Waals surface area contributed by atoms with Crippen molar-refractivity contribution in [2.45, 2.75) is 31.9 Å². The molecular formula is C9H20F3N3OSi. The Morgan fingerprint density at radius 3 is 2.29 bits per heavy atom. The highest BCUT2D eigenvalue weighted by atomic mass is 28.3. The largest absolute Gasteiger partial charge is 0.451 e. The molecular weight excluding hydrogens is 251 g/mol. The van der Waals surface area contributed by atoms with Crippen LogP contribution in [0.4, 0.5) is 13.2 Å². The van der Waals surface area contributed by atoms with Crippen molar-refractivity contribution in [3.63, 3.8) is 0 Å². The van der Waals surface area contributed by atoms with E-state index in [-0.39, 0.29) is 6.73 Å². The van der Waals surface area contributed by atoms with Gasteiger partial charge in [0.2, 0.25) is 5.84 Å². The summed E-state index contributed by atoms with van der Waals surface area (Å²) in [6.07, 6.45) is -4.49. The maximum absolute atomic E-state index is 12.3. The van der Waals surface area contributed by atoms with Crippen LogP contribution in [-0.2, 0) is 4.74 Å². The van der Waals surface area contributed by atoms with Crippen LogP contribution >= 0.6 is 0 Å². The number of amidine groups is 1. The molecule has 0 saturated carbocycles. The van der Waals surface area contributed by atoms with E-state index in [2.05, 4.69) is 35.5 Å². The summed E-state index contributed by atoms with van der Waals surface area (Å²) in [5.74, 6) is -1.08. The molecule has 0 rings (SSSR count). The van der Waals surface area contributed by atoms with E-state index in [1.807, 2.05) is 0 Å². The van der Waals surface area contributed by atoms with Gasteiger partial charge in [-0.15, -0.1) is 0 Å². The molecule has 0 bridgehead atoms. The van der Waals surface area contributed by atoms with E-state index in [1.165, 1.54) is 7.05 Å². The number of ether oxygens (including phenoxy) is 1. The predicted octanol–water partition coefficient (Wildman–Crippen LogP) is 1.98. The average molecular weight is 271 g/mol. The summed E-state index contributed by atoms with van der Waals surface area (Å²) in [5.41, 5.74) is 2.10. The lowest BCUT2D eigenvalue weighted by molar-refractivity contribution is -0.0638. The zero-order valence-electron chi connectivity index (χ0n) is 10.6. The van der Waals surface area contributed by atoms with Gasteiger partial charge in [-0.05, 0) is 6.04 Å². The van der Waals surface area contributed by atoms with Crippen LogP contribution in [0.5, 0.6) is 0 Å². The first-order chi connectivity index (χ1) is 7.67. The van der Waals surface area contributed by atoms with Gasteiger partial charge in [0.1, 0.15) is 6.73 Å². The Hall–Kier alpha value is -0.763. The van der Waals surface area contributed by atoms with Crippen LogP contribution in [0.15, 0.2) is 5.10 Å². The number of hydrogen-bond acceptors (Lipinski definition) is 3. The Labute approximate surface area is 101 Å². The SMILES string of the molecule is CN/N=C(\NCOCC[Si](C)(C)C)C(F)(F)F. The van der Waals surface area contributed by atoms with E-state index in [0.717, 1.165) is 6.04 Å². The average Bonchev–Trinajstić information content (AvgIpc) is 2.12. The van der Waals surface area contributed by atoms with Gasteiger partial charge in [0.25, 0.3) is 0 Å². The molecule has 0 atom stereocenters. The number of hydrogen-bond donors (Lipinski definition) is 2. The van der Waals surface area contributed by atoms with Crippen LogP contribution < -0.4 is 10.7 Å². The standard InChI is InChI=1S/C9H20F3N3OSi/c1-13-15-8(9(10,11)12)14-7-16-5-6-17(2,3)4/h13H,5-7H2,1-4H3,(H,14,15). The molecule has 0 aliphatic heterocycles. The Morgan fingerprint density at radius 1 is 1.29 bits per heavy atom. The summed E-state index contributed by atoms with van der Waals surface area (Å²) >= 11 is 0. The molecule has 0 heterocycles. The van der Waals surface area contributed by atoms with Gasteiger partial charge in [0.05, 0.1) is 0 Å². The fourth-order valence-electron chi connectivity index (χ4n) is 0.885. The van der Waals surface area contributed by atoms with Gasteiger partial charge < -0.3 is 15.5 Å². The van der Waals surface area contributed by atoms with E-state index >= 15 is 0 Å². The molecule has 17 heavy (non-hydrogen) atoms. The number of nitrogens with zero attached hydrogens (tertiary/aromatic N) is 1. The van der Waals surface area contributed by atoms with Gasteiger partial charge >= 0.3 is 6.18 Å². The maximum atomic E-state index is 12.3. The van der Waals surface area contributed by atoms with Gasteiger partial charge in [-0.2, -0.15) is 18.3 Å². The van der Waals surface area contributed by atoms with Gasteiger partial charge in [0.15, 0.2) is 0 Å². The smallest absolute Gasteiger partial charge is 0.362 e. The number of halogens is 3. The summed E-state index contributed by atoms with van der Waals surface area (Å²) in [6, 6.07) is 0.916. The minimum Gasteiger partial charge on any atom is -0.362 e. The van der Waals surface area contributed by atoms with Crippen molar-refractivity contribution in [3.05, 3.63) is 0 Å². The van der Waals surface area contributed by atoms with Gasteiger partial charge in [-0.1, -0.05) is 19.6 Å². The molecule has 0 aliphatic rings. The Morgan fingerprint density at radius 2 is 1.88 bits per heavy atom. The molecule has 2 N–H and O–H groups in total. The van der Waals surface area contributed by atoms with Crippen molar-refractivity contribution in [2.75, 3.05) is 20.4 Å². The van der Waals surface area contributed by atoms with E-state index < -0.39 is 20.1 Å². The highest BCUT2D eigenvalue weighted by Gasteiger charge is 2.36. The van der Waals surface area contributed by atoms with E-state index in [0.29, 0.717) is 6.61 Å². The van der Waals surface area contributed by atoms with Gasteiger partial charge in [0, 0.05) is 21.7 Å². The second-order valence-electron chi connectivity index (χ2n) is 4.72. The molecule has 0 aromatic rings. The van der Waals surface area contributed by atoms with Crippen molar-refractivity contribution in [3.8, 4) is 0 Å². The quantitative estimate of drug-likeness (QED) is 0.194. The van der Waals surface area contributed by atoms with Crippen molar-refractivity contribution in [2.24, 2.45) is 5.10 Å². The van der Waals surface area contributed by atoms with Crippen LogP contribution in [0.2, 0.25) is 25.7 Å². The van der Waals surface area contributed by atoms with Crippen LogP contribution in [0.1, 0.15) is 0 Å². The third kappa shape index (κ3) is 8.99. The zero-order chi connectivity index (χ0) is 13.5. The molecule has 0 unspecified atom stereocenters. The number of nitrogens with one attached hydrogen (secondary N) is 2. The minimum atomic E-state index is -4.49. The summed E-state index contributed by atoms with van der Waals surface area (Å²) in [7, 11) is 0.101. The lowest BCUT2D eigenvalue weighted by atomic mass is 10.6. The molecule has 0 spiro atoms. The fraction of sp³-hybridized carbons (Fsp3) is 0.889. The lowest BCUT2D eigenvalue weighted by Gasteiger charge is -2.16. The van der Waals surface area contributed by atoms with Crippen molar-refractivity contribution in [1.82, 2.24) is 10.7 Å². The molecule has 0 radical (unpaired) electrons. The highest BCUT2D eigenvalue weighted by molar-refractivity contribution is 6.76. The second kappa shape index (κ2) is 6.85. The van der Waals surface area contributed by atoms with Crippen molar-refractivity contribution in [1.29, 1.82) is 0 Å². The van der Waals surface area contributed by atoms with Crippen molar-refractivity contribution < 1.29 is 17.9 Å². The fourth-order valence-corrected chi connectivity index (χ4v) is 1.64. The summed E-state index contributed by atoms with van der Waals surface area (Å²) < 4.78 is 42.1. The zero-order valence-corrected chi connectivity index (χ0v) is 11.6. The van der Waals surface area contributed by atoms with Gasteiger partial charge in [-0.25, -0.2) is 0 Å². The third-order valence-corrected chi connectivity index (χ3v) is 3.53. The van der Waals surface area contributed by atoms with E-state index in [4.69, 9.17) is 4.74 Å². The Kier molecular flexibility index (Phi) is 6.54. The first kappa shape index (κ1) is 16.2. The molecule has 0 amide bonds. The summed E-state index contributed by atoms with van der Waals surface area (Å²) in [5, 5.41) is 5.20. The third-order valence-electron chi connectivity index (χ3n) is 1.83. The molecule has 4 nitrogen and oxygen atoms in total. The molecule has 0 aromatic carbocycles. The van der Waals surface area contributed by atoms with Crippen LogP contribution in [0.25, 0.3) is 0 Å². The van der Waals surface area contributed by atoms with Gasteiger partial charge in [-0.3, -0.25) is 0 Å². The number of hydrazone groups is 1. The minimum absolute atomic E-state index is 0.190. The molecule has 0 aliphatic carbocycles. The number of rotatable bonds is 6. The molecule has 0 saturated heterocycles. The lowest BCUT2D eigenvalue weighted by Crippen LogP contribution is -2.39. The predicted molar refractivity (Wildman–Crippen MR) is 64.7 cm³/mol. The highest BCUT2D eigenvalue weighted by Crippen LogP contribution is 2.15. The van der Waals surface area contributed by atoms with Crippen LogP contribution in [0, 0.1) is 0 Å². The van der Waals surface area contributed by atoms with Crippen LogP contribution in [-0.4, -0.2) is 40.5 Å². The van der Waals surface area contributed by atoms with E-state index in [9.17, 15) is 13.2 Å².